The number of likely N-dealkylation sites (N-methyl/N-ethyl adjacent to an activating group) is 2. The summed E-state index contributed by atoms with van der Waals surface area (Å²) in [6.45, 7) is 14.4. The average molecular weight is 791 g/mol. The summed E-state index contributed by atoms with van der Waals surface area (Å²) in [6, 6.07) is -1.07. The lowest BCUT2D eigenvalue weighted by atomic mass is 9.45. The lowest BCUT2D eigenvalue weighted by molar-refractivity contribution is -0.193. The molecule has 15 atom stereocenters. The highest BCUT2D eigenvalue weighted by Gasteiger charge is 2.58. The number of carbonyl (C=O) groups is 3. The molecule has 6 rings (SSSR count). The maximum absolute atomic E-state index is 14.4. The van der Waals surface area contributed by atoms with Crippen LogP contribution in [0, 0.1) is 52.8 Å². The van der Waals surface area contributed by atoms with Crippen molar-refractivity contribution < 1.29 is 34.2 Å². The number of hydrogen-bond acceptors (Lipinski definition) is 10. The highest BCUT2D eigenvalue weighted by atomic mass is 16.7. The van der Waals surface area contributed by atoms with Gasteiger partial charge in [-0.3, -0.25) is 19.2 Å². The predicted molar refractivity (Wildman–Crippen MR) is 217 cm³/mol. The number of aliphatic hydroxyl groups excluding tert-OH is 2. The molecule has 0 spiro atoms. The second kappa shape index (κ2) is 19.0. The first-order valence-corrected chi connectivity index (χ1v) is 21.9. The molecule has 6 fully saturated rings. The van der Waals surface area contributed by atoms with Crippen LogP contribution in [0.4, 0.5) is 0 Å². The molecule has 4 N–H and O–H groups in total. The van der Waals surface area contributed by atoms with Gasteiger partial charge in [0.05, 0.1) is 18.8 Å². The molecule has 6 unspecified atom stereocenters. The molecule has 0 aromatic heterocycles. The first-order chi connectivity index (χ1) is 26.5. The molecular weight excluding hydrogens is 713 g/mol. The lowest BCUT2D eigenvalue weighted by Crippen LogP contribution is -2.62. The third kappa shape index (κ3) is 9.44. The average Bonchev–Trinajstić information content (AvgIpc) is 3.53. The summed E-state index contributed by atoms with van der Waals surface area (Å²) < 4.78 is 6.41. The van der Waals surface area contributed by atoms with Crippen molar-refractivity contribution in [2.24, 2.45) is 52.8 Å². The van der Waals surface area contributed by atoms with Crippen LogP contribution in [0.25, 0.3) is 0 Å². The molecule has 2 bridgehead atoms. The van der Waals surface area contributed by atoms with E-state index in [0.29, 0.717) is 49.3 Å². The lowest BCUT2D eigenvalue weighted by Gasteiger charge is -2.62. The summed E-state index contributed by atoms with van der Waals surface area (Å²) in [7, 11) is 9.80. The fourth-order valence-electron chi connectivity index (χ4n) is 12.0. The Morgan fingerprint density at radius 1 is 1.00 bits per heavy atom. The highest BCUT2D eigenvalue weighted by Crippen LogP contribution is 2.61. The van der Waals surface area contributed by atoms with Crippen LogP contribution in [-0.4, -0.2) is 158 Å². The number of rotatable bonds is 16. The van der Waals surface area contributed by atoms with E-state index in [1.165, 1.54) is 6.42 Å². The molecule has 0 radical (unpaired) electrons. The number of methoxy groups -OCH3 is 1. The summed E-state index contributed by atoms with van der Waals surface area (Å²) >= 11 is 0. The highest BCUT2D eigenvalue weighted by molar-refractivity contribution is 5.89. The number of nitrogens with zero attached hydrogens (tertiary/aromatic N) is 4. The minimum Gasteiger partial charge on any atom is -0.394 e. The zero-order chi connectivity index (χ0) is 41.2. The van der Waals surface area contributed by atoms with Crippen molar-refractivity contribution in [2.75, 3.05) is 68.1 Å². The minimum absolute atomic E-state index is 0.0469. The molecule has 0 aromatic rings. The minimum atomic E-state index is -0.853. The third-order valence-electron chi connectivity index (χ3n) is 15.4. The van der Waals surface area contributed by atoms with Gasteiger partial charge in [-0.05, 0) is 129 Å². The van der Waals surface area contributed by atoms with Crippen LogP contribution in [-0.2, 0) is 24.0 Å². The maximum Gasteiger partial charge on any atom is 0.246 e. The largest absolute Gasteiger partial charge is 0.394 e. The zero-order valence-corrected chi connectivity index (χ0v) is 36.6. The first kappa shape index (κ1) is 45.2. The number of aliphatic hydroxyl groups is 2. The number of fused-ring (bicyclic) bond motifs is 2. The molecule has 1 saturated heterocycles. The van der Waals surface area contributed by atoms with E-state index in [1.54, 1.807) is 24.0 Å². The molecule has 56 heavy (non-hydrogen) atoms. The Morgan fingerprint density at radius 3 is 2.25 bits per heavy atom. The number of amides is 3. The van der Waals surface area contributed by atoms with E-state index in [-0.39, 0.29) is 66.2 Å². The van der Waals surface area contributed by atoms with Crippen molar-refractivity contribution in [1.82, 2.24) is 30.4 Å². The van der Waals surface area contributed by atoms with Gasteiger partial charge in [0.25, 0.3) is 0 Å². The van der Waals surface area contributed by atoms with Crippen molar-refractivity contribution in [2.45, 2.75) is 135 Å². The van der Waals surface area contributed by atoms with Crippen molar-refractivity contribution in [1.29, 1.82) is 0 Å². The van der Waals surface area contributed by atoms with Crippen LogP contribution in [0.5, 0.6) is 0 Å². The summed E-state index contributed by atoms with van der Waals surface area (Å²) in [5, 5.41) is 29.8. The summed E-state index contributed by atoms with van der Waals surface area (Å²) in [5.41, 5.74) is 0.299. The van der Waals surface area contributed by atoms with Crippen LogP contribution >= 0.6 is 0 Å². The van der Waals surface area contributed by atoms with Crippen molar-refractivity contribution in [3.8, 4) is 0 Å². The SMILES string of the molecule is CCN(CC)C(=O)[C@@H](CN(C)C)NC(=O)C1CC(C2CCCC(CN3O[C@@H](CO)[C@@H]([C@H](C)O)[C@H]3C(=O)N[C@H]3C[C@H]4C[C@@H]([C@@H]3C)C4(C)C)C2OC)CC(N(C)C)C1. The van der Waals surface area contributed by atoms with Gasteiger partial charge in [-0.25, -0.2) is 0 Å². The molecule has 3 amide bonds. The number of nitrogens with one attached hydrogen (secondary N) is 2. The van der Waals surface area contributed by atoms with Crippen LogP contribution in [0.3, 0.4) is 0 Å². The summed E-state index contributed by atoms with van der Waals surface area (Å²) in [6.07, 6.45) is 5.80. The van der Waals surface area contributed by atoms with Crippen molar-refractivity contribution in [3.05, 3.63) is 0 Å². The Hall–Kier alpha value is -1.87. The first-order valence-electron chi connectivity index (χ1n) is 21.9. The summed E-state index contributed by atoms with van der Waals surface area (Å²) in [5.74, 6) is 0.954. The normalized spacial score (nSPS) is 38.2. The van der Waals surface area contributed by atoms with Crippen LogP contribution in [0.2, 0.25) is 0 Å². The van der Waals surface area contributed by atoms with Gasteiger partial charge in [0.2, 0.25) is 17.7 Å². The smallest absolute Gasteiger partial charge is 0.246 e. The summed E-state index contributed by atoms with van der Waals surface area (Å²) in [4.78, 5) is 54.4. The quantitative estimate of drug-likeness (QED) is 0.184. The number of carbonyl (C=O) groups excluding carboxylic acids is 3. The fraction of sp³-hybridized carbons (Fsp3) is 0.930. The van der Waals surface area contributed by atoms with Crippen molar-refractivity contribution >= 4 is 17.7 Å². The Bertz CT molecular complexity index is 1330. The number of ether oxygens (including phenoxy) is 1. The number of hydrogen-bond donors (Lipinski definition) is 4. The molecule has 0 aromatic carbocycles. The monoisotopic (exact) mass is 791 g/mol. The van der Waals surface area contributed by atoms with E-state index < -0.39 is 30.2 Å². The van der Waals surface area contributed by atoms with Gasteiger partial charge in [0.1, 0.15) is 18.2 Å². The fourth-order valence-corrected chi connectivity index (χ4v) is 12.0. The third-order valence-corrected chi connectivity index (χ3v) is 15.4. The van der Waals surface area contributed by atoms with E-state index in [2.05, 4.69) is 50.4 Å². The second-order valence-corrected chi connectivity index (χ2v) is 19.4. The predicted octanol–water partition coefficient (Wildman–Crippen LogP) is 2.84. The van der Waals surface area contributed by atoms with Gasteiger partial charge in [0.15, 0.2) is 0 Å². The second-order valence-electron chi connectivity index (χ2n) is 19.4. The molecule has 1 heterocycles. The van der Waals surface area contributed by atoms with Crippen LogP contribution in [0.1, 0.15) is 92.9 Å². The zero-order valence-electron chi connectivity index (χ0n) is 36.6. The van der Waals surface area contributed by atoms with E-state index in [9.17, 15) is 24.6 Å². The Balaban J connectivity index is 1.32. The molecule has 322 valence electrons. The van der Waals surface area contributed by atoms with Crippen LogP contribution in [0.15, 0.2) is 0 Å². The molecule has 5 aliphatic carbocycles. The number of hydroxylamine groups is 2. The van der Waals surface area contributed by atoms with Crippen LogP contribution < -0.4 is 10.6 Å². The molecule has 5 saturated carbocycles. The van der Waals surface area contributed by atoms with E-state index >= 15 is 0 Å². The van der Waals surface area contributed by atoms with Crippen molar-refractivity contribution in [3.63, 3.8) is 0 Å². The Morgan fingerprint density at radius 2 is 1.70 bits per heavy atom. The Kier molecular flexibility index (Phi) is 15.4. The molecular formula is C43H78N6O7. The van der Waals surface area contributed by atoms with Gasteiger partial charge >= 0.3 is 0 Å². The standard InChI is InChI=1S/C43H78N6O7/c1-12-48(13-2)42(54)35(23-46(7)8)45-40(52)29-17-28(18-31(19-29)47(9)10)32-16-14-15-27(39(32)55-11)22-49-38(37(26(4)51)36(24-50)56-49)41(53)44-34-21-30-20-33(25(34)3)43(30,5)6/h25-39,50-51H,12-24H2,1-11H3,(H,44,53)(H,45,52)/t25-,26-,27?,28?,29?,30+,31?,32?,33-,34-,35+,36-,37+,38-,39?/m0/s1. The van der Waals surface area contributed by atoms with Gasteiger partial charge in [-0.1, -0.05) is 27.2 Å². The van der Waals surface area contributed by atoms with E-state index in [0.717, 1.165) is 44.9 Å². The van der Waals surface area contributed by atoms with Gasteiger partial charge in [-0.2, -0.15) is 5.06 Å². The molecule has 13 nitrogen and oxygen atoms in total. The van der Waals surface area contributed by atoms with Gasteiger partial charge in [0, 0.05) is 63.1 Å². The molecule has 6 aliphatic rings. The Labute approximate surface area is 337 Å². The molecule has 13 heteroatoms. The van der Waals surface area contributed by atoms with Gasteiger partial charge in [-0.15, -0.1) is 0 Å². The van der Waals surface area contributed by atoms with Gasteiger partial charge < -0.3 is 40.3 Å². The topological polar surface area (TPSA) is 147 Å². The van der Waals surface area contributed by atoms with E-state index in [1.807, 2.05) is 32.8 Å². The van der Waals surface area contributed by atoms with E-state index in [4.69, 9.17) is 9.57 Å². The maximum atomic E-state index is 14.4. The molecule has 1 aliphatic heterocycles.